The monoisotopic (exact) mass is 321 g/mol. The largest absolute Gasteiger partial charge is 0.316 e. The lowest BCUT2D eigenvalue weighted by Gasteiger charge is -2.32. The van der Waals surface area contributed by atoms with E-state index in [1.807, 2.05) is 11.3 Å². The molecule has 3 heteroatoms. The van der Waals surface area contributed by atoms with Crippen molar-refractivity contribution in [2.45, 2.75) is 18.3 Å². The van der Waals surface area contributed by atoms with E-state index in [9.17, 15) is 0 Å². The highest BCUT2D eigenvalue weighted by Crippen LogP contribution is 2.41. The number of hydrogen-bond acceptors (Lipinski definition) is 2. The van der Waals surface area contributed by atoms with E-state index in [4.69, 9.17) is 0 Å². The molecule has 1 fully saturated rings. The Kier molecular flexibility index (Phi) is 3.83. The van der Waals surface area contributed by atoms with E-state index < -0.39 is 0 Å². The van der Waals surface area contributed by atoms with E-state index >= 15 is 0 Å². The molecule has 0 bridgehead atoms. The van der Waals surface area contributed by atoms with Crippen molar-refractivity contribution in [2.24, 2.45) is 0 Å². The fourth-order valence-corrected chi connectivity index (χ4v) is 4.40. The molecule has 0 amide bonds. The maximum Gasteiger partial charge on any atom is 0.0701 e. The molecule has 2 aromatic rings. The molecule has 1 saturated heterocycles. The van der Waals surface area contributed by atoms with Crippen LogP contribution in [-0.2, 0) is 0 Å². The normalized spacial score (nSPS) is 24.1. The molecule has 1 aromatic heterocycles. The summed E-state index contributed by atoms with van der Waals surface area (Å²) >= 11 is 5.46. The SMILES string of the molecule is Brc1ccc(C2CCNCC2c2ccccc2)s1. The second-order valence-corrected chi connectivity index (χ2v) is 7.25. The summed E-state index contributed by atoms with van der Waals surface area (Å²) in [6, 6.07) is 15.3. The molecule has 2 heterocycles. The van der Waals surface area contributed by atoms with Gasteiger partial charge >= 0.3 is 0 Å². The van der Waals surface area contributed by atoms with Crippen LogP contribution in [0.1, 0.15) is 28.7 Å². The average molecular weight is 322 g/mol. The zero-order valence-corrected chi connectivity index (χ0v) is 12.5. The first-order chi connectivity index (χ1) is 8.84. The Hall–Kier alpha value is -0.640. The second kappa shape index (κ2) is 5.55. The van der Waals surface area contributed by atoms with Crippen LogP contribution in [-0.4, -0.2) is 13.1 Å². The summed E-state index contributed by atoms with van der Waals surface area (Å²) in [5.41, 5.74) is 1.46. The van der Waals surface area contributed by atoms with Gasteiger partial charge in [-0.3, -0.25) is 0 Å². The minimum Gasteiger partial charge on any atom is -0.316 e. The van der Waals surface area contributed by atoms with Crippen molar-refractivity contribution in [1.82, 2.24) is 5.32 Å². The fourth-order valence-electron chi connectivity index (χ4n) is 2.78. The highest BCUT2D eigenvalue weighted by Gasteiger charge is 2.28. The molecule has 94 valence electrons. The zero-order chi connectivity index (χ0) is 12.4. The summed E-state index contributed by atoms with van der Waals surface area (Å²) in [7, 11) is 0. The standard InChI is InChI=1S/C15H16BrNS/c16-15-7-6-14(18-15)12-8-9-17-10-13(12)11-4-2-1-3-5-11/h1-7,12-13,17H,8-10H2. The van der Waals surface area contributed by atoms with Gasteiger partial charge in [0.25, 0.3) is 0 Å². The average Bonchev–Trinajstić information content (AvgIpc) is 2.86. The molecule has 0 saturated carbocycles. The number of halogens is 1. The van der Waals surface area contributed by atoms with E-state index in [0.29, 0.717) is 11.8 Å². The predicted octanol–water partition coefficient (Wildman–Crippen LogP) is 4.37. The number of rotatable bonds is 2. The van der Waals surface area contributed by atoms with Gasteiger partial charge in [-0.25, -0.2) is 0 Å². The van der Waals surface area contributed by atoms with Crippen molar-refractivity contribution in [1.29, 1.82) is 0 Å². The highest BCUT2D eigenvalue weighted by atomic mass is 79.9. The van der Waals surface area contributed by atoms with E-state index in [1.165, 1.54) is 20.6 Å². The summed E-state index contributed by atoms with van der Waals surface area (Å²) < 4.78 is 1.24. The Balaban J connectivity index is 1.91. The van der Waals surface area contributed by atoms with Gasteiger partial charge in [0.15, 0.2) is 0 Å². The first-order valence-corrected chi connectivity index (χ1v) is 7.96. The maximum atomic E-state index is 3.58. The lowest BCUT2D eigenvalue weighted by molar-refractivity contribution is 0.408. The minimum atomic E-state index is 0.602. The van der Waals surface area contributed by atoms with Gasteiger partial charge in [0.2, 0.25) is 0 Å². The van der Waals surface area contributed by atoms with Gasteiger partial charge in [-0.1, -0.05) is 30.3 Å². The third kappa shape index (κ3) is 2.53. The summed E-state index contributed by atoms with van der Waals surface area (Å²) in [6.07, 6.45) is 1.23. The number of benzene rings is 1. The molecule has 0 radical (unpaired) electrons. The lowest BCUT2D eigenvalue weighted by Crippen LogP contribution is -2.33. The van der Waals surface area contributed by atoms with Crippen molar-refractivity contribution in [3.8, 4) is 0 Å². The van der Waals surface area contributed by atoms with Crippen LogP contribution in [0, 0.1) is 0 Å². The first-order valence-electron chi connectivity index (χ1n) is 6.35. The maximum absolute atomic E-state index is 3.58. The van der Waals surface area contributed by atoms with Crippen LogP contribution >= 0.6 is 27.3 Å². The zero-order valence-electron chi connectivity index (χ0n) is 10.1. The molecule has 18 heavy (non-hydrogen) atoms. The molecule has 0 aliphatic carbocycles. The van der Waals surface area contributed by atoms with Crippen molar-refractivity contribution < 1.29 is 0 Å². The topological polar surface area (TPSA) is 12.0 Å². The van der Waals surface area contributed by atoms with Gasteiger partial charge in [0.05, 0.1) is 3.79 Å². The van der Waals surface area contributed by atoms with Gasteiger partial charge in [0, 0.05) is 23.3 Å². The third-order valence-corrected chi connectivity index (χ3v) is 5.42. The molecule has 1 N–H and O–H groups in total. The molecule has 1 aliphatic heterocycles. The van der Waals surface area contributed by atoms with E-state index in [1.54, 1.807) is 0 Å². The highest BCUT2D eigenvalue weighted by molar-refractivity contribution is 9.11. The van der Waals surface area contributed by atoms with Crippen LogP contribution in [0.5, 0.6) is 0 Å². The van der Waals surface area contributed by atoms with Crippen LogP contribution in [0.25, 0.3) is 0 Å². The van der Waals surface area contributed by atoms with E-state index in [0.717, 1.165) is 13.1 Å². The number of nitrogens with one attached hydrogen (secondary N) is 1. The van der Waals surface area contributed by atoms with Crippen molar-refractivity contribution in [3.05, 3.63) is 56.7 Å². The second-order valence-electron chi connectivity index (χ2n) is 4.76. The Labute approximate surface area is 120 Å². The van der Waals surface area contributed by atoms with E-state index in [2.05, 4.69) is 63.7 Å². The van der Waals surface area contributed by atoms with Crippen molar-refractivity contribution in [3.63, 3.8) is 0 Å². The Morgan fingerprint density at radius 3 is 2.61 bits per heavy atom. The fraction of sp³-hybridized carbons (Fsp3) is 0.333. The van der Waals surface area contributed by atoms with Crippen LogP contribution < -0.4 is 5.32 Å². The molecule has 1 nitrogen and oxygen atoms in total. The summed E-state index contributed by atoms with van der Waals surface area (Å²) in [4.78, 5) is 1.51. The lowest BCUT2D eigenvalue weighted by atomic mass is 9.80. The van der Waals surface area contributed by atoms with Crippen molar-refractivity contribution >= 4 is 27.3 Å². The summed E-state index contributed by atoms with van der Waals surface area (Å²) in [5.74, 6) is 1.26. The summed E-state index contributed by atoms with van der Waals surface area (Å²) in [6.45, 7) is 2.22. The predicted molar refractivity (Wildman–Crippen MR) is 81.4 cm³/mol. The Bertz CT molecular complexity index is 508. The molecule has 2 atom stereocenters. The van der Waals surface area contributed by atoms with Crippen molar-refractivity contribution in [2.75, 3.05) is 13.1 Å². The van der Waals surface area contributed by atoms with Gasteiger partial charge < -0.3 is 5.32 Å². The van der Waals surface area contributed by atoms with Gasteiger partial charge in [-0.15, -0.1) is 11.3 Å². The molecule has 0 spiro atoms. The molecular weight excluding hydrogens is 306 g/mol. The molecule has 1 aromatic carbocycles. The Morgan fingerprint density at radius 2 is 1.89 bits per heavy atom. The molecular formula is C15H16BrNS. The molecule has 2 unspecified atom stereocenters. The quantitative estimate of drug-likeness (QED) is 0.866. The number of piperidine rings is 1. The van der Waals surface area contributed by atoms with Gasteiger partial charge in [-0.2, -0.15) is 0 Å². The first kappa shape index (κ1) is 12.4. The van der Waals surface area contributed by atoms with E-state index in [-0.39, 0.29) is 0 Å². The third-order valence-electron chi connectivity index (χ3n) is 3.67. The smallest absolute Gasteiger partial charge is 0.0701 e. The van der Waals surface area contributed by atoms with Crippen LogP contribution in [0.3, 0.4) is 0 Å². The van der Waals surface area contributed by atoms with Gasteiger partial charge in [-0.05, 0) is 46.6 Å². The van der Waals surface area contributed by atoms with Crippen LogP contribution in [0.2, 0.25) is 0 Å². The minimum absolute atomic E-state index is 0.602. The van der Waals surface area contributed by atoms with Crippen LogP contribution in [0.15, 0.2) is 46.3 Å². The molecule has 3 rings (SSSR count). The van der Waals surface area contributed by atoms with Crippen LogP contribution in [0.4, 0.5) is 0 Å². The van der Waals surface area contributed by atoms with Gasteiger partial charge in [0.1, 0.15) is 0 Å². The number of thiophene rings is 1. The Morgan fingerprint density at radius 1 is 1.06 bits per heavy atom. The number of hydrogen-bond donors (Lipinski definition) is 1. The molecule has 1 aliphatic rings. The summed E-state index contributed by atoms with van der Waals surface area (Å²) in [5, 5.41) is 3.53.